The molecule has 0 radical (unpaired) electrons. The molecular weight excluding hydrogens is 388 g/mol. The Bertz CT molecular complexity index is 799. The number of phenolic OH excluding ortho intramolecular Hbond substituents is 1. The van der Waals surface area contributed by atoms with E-state index in [4.69, 9.17) is 0 Å². The van der Waals surface area contributed by atoms with Crippen LogP contribution in [0.2, 0.25) is 0 Å². The summed E-state index contributed by atoms with van der Waals surface area (Å²) in [6.07, 6.45) is 1.66. The van der Waals surface area contributed by atoms with Gasteiger partial charge < -0.3 is 10.0 Å². The van der Waals surface area contributed by atoms with Gasteiger partial charge in [0.05, 0.1) is 9.40 Å². The van der Waals surface area contributed by atoms with E-state index in [1.54, 1.807) is 23.1 Å². The minimum Gasteiger partial charge on any atom is -0.508 e. The third-order valence-electron chi connectivity index (χ3n) is 4.54. The second-order valence-electron chi connectivity index (χ2n) is 6.08. The Labute approximate surface area is 153 Å². The number of nitro benzene ring substituents is 1. The fourth-order valence-corrected chi connectivity index (χ4v) is 3.52. The Kier molecular flexibility index (Phi) is 5.03. The Morgan fingerprint density at radius 2 is 1.80 bits per heavy atom. The van der Waals surface area contributed by atoms with E-state index in [-0.39, 0.29) is 17.3 Å². The zero-order valence-electron chi connectivity index (χ0n) is 13.4. The number of phenols is 1. The quantitative estimate of drug-likeness (QED) is 0.616. The van der Waals surface area contributed by atoms with Crippen molar-refractivity contribution < 1.29 is 14.8 Å². The molecule has 1 saturated heterocycles. The van der Waals surface area contributed by atoms with Crippen molar-refractivity contribution in [2.75, 3.05) is 13.1 Å². The topological polar surface area (TPSA) is 83.7 Å². The average molecular weight is 405 g/mol. The van der Waals surface area contributed by atoms with E-state index in [9.17, 15) is 20.0 Å². The smallest absolute Gasteiger partial charge is 0.284 e. The molecule has 6 nitrogen and oxygen atoms in total. The lowest BCUT2D eigenvalue weighted by Gasteiger charge is -2.32. The molecule has 0 spiro atoms. The highest BCUT2D eigenvalue weighted by atomic mass is 79.9. The number of carbonyl (C=O) groups is 1. The first kappa shape index (κ1) is 17.4. The van der Waals surface area contributed by atoms with Crippen molar-refractivity contribution in [2.45, 2.75) is 18.8 Å². The van der Waals surface area contributed by atoms with Crippen molar-refractivity contribution in [3.05, 3.63) is 68.2 Å². The predicted molar refractivity (Wildman–Crippen MR) is 96.8 cm³/mol. The van der Waals surface area contributed by atoms with Crippen LogP contribution >= 0.6 is 15.9 Å². The first-order valence-corrected chi connectivity index (χ1v) is 8.77. The molecule has 0 saturated carbocycles. The standard InChI is InChI=1S/C18H17BrN2O4/c19-16-6-3-14(11-17(16)21(24)25)18(23)20-9-7-13(8-10-20)12-1-4-15(22)5-2-12/h1-6,11,13,22H,7-10H2. The molecule has 0 atom stereocenters. The Balaban J connectivity index is 1.68. The van der Waals surface area contributed by atoms with Gasteiger partial charge in [0, 0.05) is 24.7 Å². The van der Waals surface area contributed by atoms with Crippen LogP contribution in [0, 0.1) is 10.1 Å². The number of rotatable bonds is 3. The van der Waals surface area contributed by atoms with Crippen LogP contribution in [0.3, 0.4) is 0 Å². The second kappa shape index (κ2) is 7.23. The van der Waals surface area contributed by atoms with Crippen LogP contribution in [0.4, 0.5) is 5.69 Å². The van der Waals surface area contributed by atoms with Crippen molar-refractivity contribution in [3.63, 3.8) is 0 Å². The first-order chi connectivity index (χ1) is 12.0. The van der Waals surface area contributed by atoms with Gasteiger partial charge in [-0.2, -0.15) is 0 Å². The SMILES string of the molecule is O=C(c1ccc(Br)c([N+](=O)[O-])c1)N1CCC(c2ccc(O)cc2)CC1. The number of hydrogen-bond donors (Lipinski definition) is 1. The number of nitro groups is 1. The summed E-state index contributed by atoms with van der Waals surface area (Å²) in [5, 5.41) is 20.4. The summed E-state index contributed by atoms with van der Waals surface area (Å²) >= 11 is 3.13. The Morgan fingerprint density at radius 1 is 1.16 bits per heavy atom. The zero-order chi connectivity index (χ0) is 18.0. The van der Waals surface area contributed by atoms with Gasteiger partial charge in [0.25, 0.3) is 11.6 Å². The van der Waals surface area contributed by atoms with Gasteiger partial charge in [0.1, 0.15) is 5.75 Å². The number of piperidine rings is 1. The lowest BCUT2D eigenvalue weighted by Crippen LogP contribution is -2.37. The molecule has 1 aliphatic heterocycles. The van der Waals surface area contributed by atoms with Crippen LogP contribution in [-0.2, 0) is 0 Å². The molecule has 2 aromatic carbocycles. The molecule has 0 bridgehead atoms. The number of hydrogen-bond acceptors (Lipinski definition) is 4. The van der Waals surface area contributed by atoms with E-state index in [0.29, 0.717) is 29.0 Å². The molecule has 25 heavy (non-hydrogen) atoms. The van der Waals surface area contributed by atoms with Gasteiger partial charge >= 0.3 is 0 Å². The number of aromatic hydroxyl groups is 1. The van der Waals surface area contributed by atoms with E-state index >= 15 is 0 Å². The maximum Gasteiger partial charge on any atom is 0.284 e. The first-order valence-electron chi connectivity index (χ1n) is 7.98. The summed E-state index contributed by atoms with van der Waals surface area (Å²) in [6, 6.07) is 11.6. The summed E-state index contributed by atoms with van der Waals surface area (Å²) in [7, 11) is 0. The lowest BCUT2D eigenvalue weighted by atomic mass is 9.89. The van der Waals surface area contributed by atoms with Gasteiger partial charge in [-0.1, -0.05) is 12.1 Å². The van der Waals surface area contributed by atoms with Crippen LogP contribution in [0.15, 0.2) is 46.9 Å². The molecule has 1 heterocycles. The van der Waals surface area contributed by atoms with E-state index in [1.807, 2.05) is 12.1 Å². The Hall–Kier alpha value is -2.41. The van der Waals surface area contributed by atoms with Gasteiger partial charge in [-0.3, -0.25) is 14.9 Å². The van der Waals surface area contributed by atoms with Gasteiger partial charge in [0.2, 0.25) is 0 Å². The number of carbonyl (C=O) groups excluding carboxylic acids is 1. The number of nitrogens with zero attached hydrogens (tertiary/aromatic N) is 2. The van der Waals surface area contributed by atoms with E-state index < -0.39 is 4.92 Å². The van der Waals surface area contributed by atoms with Crippen molar-refractivity contribution >= 4 is 27.5 Å². The maximum atomic E-state index is 12.6. The molecule has 1 aliphatic rings. The van der Waals surface area contributed by atoms with Crippen LogP contribution in [0.25, 0.3) is 0 Å². The molecule has 1 amide bonds. The predicted octanol–water partition coefficient (Wildman–Crippen LogP) is 4.08. The normalized spacial score (nSPS) is 15.2. The summed E-state index contributed by atoms with van der Waals surface area (Å²) in [6.45, 7) is 1.21. The van der Waals surface area contributed by atoms with Crippen molar-refractivity contribution in [3.8, 4) is 5.75 Å². The van der Waals surface area contributed by atoms with Crippen molar-refractivity contribution in [1.82, 2.24) is 4.90 Å². The second-order valence-corrected chi connectivity index (χ2v) is 6.94. The molecule has 1 N–H and O–H groups in total. The monoisotopic (exact) mass is 404 g/mol. The fraction of sp³-hybridized carbons (Fsp3) is 0.278. The van der Waals surface area contributed by atoms with E-state index in [2.05, 4.69) is 15.9 Å². The third kappa shape index (κ3) is 3.82. The maximum absolute atomic E-state index is 12.6. The van der Waals surface area contributed by atoms with Crippen LogP contribution in [0.1, 0.15) is 34.7 Å². The fourth-order valence-electron chi connectivity index (χ4n) is 3.13. The molecule has 0 aromatic heterocycles. The average Bonchev–Trinajstić information content (AvgIpc) is 2.62. The van der Waals surface area contributed by atoms with Gasteiger partial charge in [-0.15, -0.1) is 0 Å². The number of benzene rings is 2. The van der Waals surface area contributed by atoms with Crippen molar-refractivity contribution in [1.29, 1.82) is 0 Å². The highest BCUT2D eigenvalue weighted by Crippen LogP contribution is 2.31. The van der Waals surface area contributed by atoms with Gasteiger partial charge in [-0.05, 0) is 64.5 Å². The summed E-state index contributed by atoms with van der Waals surface area (Å²) in [5.41, 5.74) is 1.38. The molecule has 1 fully saturated rings. The van der Waals surface area contributed by atoms with Gasteiger partial charge in [-0.25, -0.2) is 0 Å². The molecule has 0 aliphatic carbocycles. The van der Waals surface area contributed by atoms with E-state index in [1.165, 1.54) is 12.1 Å². The molecule has 130 valence electrons. The number of amides is 1. The number of likely N-dealkylation sites (tertiary alicyclic amines) is 1. The lowest BCUT2D eigenvalue weighted by molar-refractivity contribution is -0.385. The molecule has 3 rings (SSSR count). The number of halogens is 1. The zero-order valence-corrected chi connectivity index (χ0v) is 15.0. The van der Waals surface area contributed by atoms with Crippen LogP contribution in [0.5, 0.6) is 5.75 Å². The third-order valence-corrected chi connectivity index (χ3v) is 5.21. The molecular formula is C18H17BrN2O4. The highest BCUT2D eigenvalue weighted by molar-refractivity contribution is 9.10. The van der Waals surface area contributed by atoms with Crippen LogP contribution < -0.4 is 0 Å². The van der Waals surface area contributed by atoms with E-state index in [0.717, 1.165) is 18.4 Å². The molecule has 7 heteroatoms. The highest BCUT2D eigenvalue weighted by Gasteiger charge is 2.26. The molecule has 0 unspecified atom stereocenters. The summed E-state index contributed by atoms with van der Waals surface area (Å²) < 4.78 is 0.361. The minimum absolute atomic E-state index is 0.107. The van der Waals surface area contributed by atoms with Gasteiger partial charge in [0.15, 0.2) is 0 Å². The largest absolute Gasteiger partial charge is 0.508 e. The van der Waals surface area contributed by atoms with Crippen LogP contribution in [-0.4, -0.2) is 33.9 Å². The molecule has 2 aromatic rings. The Morgan fingerprint density at radius 3 is 2.40 bits per heavy atom. The van der Waals surface area contributed by atoms with Crippen molar-refractivity contribution in [2.24, 2.45) is 0 Å². The summed E-state index contributed by atoms with van der Waals surface area (Å²) in [5.74, 6) is 0.414. The summed E-state index contributed by atoms with van der Waals surface area (Å²) in [4.78, 5) is 24.9. The minimum atomic E-state index is -0.502.